The zero-order chi connectivity index (χ0) is 19.2. The molecule has 0 N–H and O–H groups in total. The van der Waals surface area contributed by atoms with E-state index in [0.717, 1.165) is 6.42 Å². The lowest BCUT2D eigenvalue weighted by atomic mass is 10.1. The van der Waals surface area contributed by atoms with Gasteiger partial charge in [0.05, 0.1) is 26.2 Å². The number of quaternary nitrogens is 1. The van der Waals surface area contributed by atoms with Gasteiger partial charge in [-0.2, -0.15) is 0 Å². The molecule has 0 aliphatic carbocycles. The van der Waals surface area contributed by atoms with Crippen LogP contribution in [0.5, 0.6) is 0 Å². The monoisotopic (exact) mass is 357 g/mol. The van der Waals surface area contributed by atoms with Crippen molar-refractivity contribution < 1.29 is 9.59 Å². The van der Waals surface area contributed by atoms with E-state index in [1.807, 2.05) is 6.92 Å². The fraction of sp³-hybridized carbons (Fsp3) is 1.00. The first-order valence-electron chi connectivity index (χ1n) is 11.6. The molecular weight excluding hydrogens is 306 g/mol. The van der Waals surface area contributed by atoms with Gasteiger partial charge in [-0.15, -0.1) is 6.61 Å². The number of hydrogen-bond acceptors (Lipinski definition) is 1. The lowest BCUT2D eigenvalue weighted by Crippen LogP contribution is -2.50. The predicted molar refractivity (Wildman–Crippen MR) is 113 cm³/mol. The summed E-state index contributed by atoms with van der Waals surface area (Å²) in [4.78, 5) is 0. The maximum Gasteiger partial charge on any atom is 0.0786 e. The molecule has 0 aliphatic heterocycles. The predicted octanol–water partition coefficient (Wildman–Crippen LogP) is 6.32. The van der Waals surface area contributed by atoms with Crippen LogP contribution >= 0.6 is 0 Å². The first-order valence-corrected chi connectivity index (χ1v) is 11.6. The normalized spacial score (nSPS) is 11.3. The van der Waals surface area contributed by atoms with Gasteiger partial charge in [0.2, 0.25) is 0 Å². The smallest absolute Gasteiger partial charge is 0.0786 e. The van der Waals surface area contributed by atoms with Crippen molar-refractivity contribution in [1.29, 1.82) is 0 Å². The Morgan fingerprint density at radius 3 is 0.840 bits per heavy atom. The summed E-state index contributed by atoms with van der Waals surface area (Å²) < 4.78 is 1.44. The minimum Gasteiger partial charge on any atom is -0.854 e. The molecule has 0 aromatic rings. The van der Waals surface area contributed by atoms with Crippen LogP contribution in [0.15, 0.2) is 0 Å². The van der Waals surface area contributed by atoms with Crippen LogP contribution in [0.2, 0.25) is 0 Å². The molecule has 154 valence electrons. The molecule has 0 radical (unpaired) electrons. The molecule has 0 aromatic heterocycles. The van der Waals surface area contributed by atoms with Crippen molar-refractivity contribution in [3.05, 3.63) is 0 Å². The van der Waals surface area contributed by atoms with Gasteiger partial charge in [0, 0.05) is 0 Å². The third kappa shape index (κ3) is 18.5. The Balaban J connectivity index is 0. The molecular formula is C23H51NO. The van der Waals surface area contributed by atoms with Crippen LogP contribution in [-0.2, 0) is 0 Å². The van der Waals surface area contributed by atoms with E-state index < -0.39 is 0 Å². The van der Waals surface area contributed by atoms with E-state index in [0.29, 0.717) is 0 Å². The van der Waals surface area contributed by atoms with Crippen LogP contribution < -0.4 is 5.11 Å². The quantitative estimate of drug-likeness (QED) is 0.220. The molecule has 2 nitrogen and oxygen atoms in total. The summed E-state index contributed by atoms with van der Waals surface area (Å²) >= 11 is 0. The lowest BCUT2D eigenvalue weighted by molar-refractivity contribution is -0.929. The molecule has 0 aromatic carbocycles. The maximum atomic E-state index is 9.30. The number of rotatable bonds is 17. The largest absolute Gasteiger partial charge is 0.854 e. The summed E-state index contributed by atoms with van der Waals surface area (Å²) in [7, 11) is 0. The van der Waals surface area contributed by atoms with E-state index in [2.05, 4.69) is 27.7 Å². The second-order valence-electron chi connectivity index (χ2n) is 7.77. The standard InChI is InChI=1S/C20H44N.C3H7O/c1-5-9-13-17-21(18-14-10-6-2,19-15-11-7-3)20-16-12-8-4;1-2-3-4/h5-20H2,1-4H3;2-3H2,1H3/q+1;-1. The van der Waals surface area contributed by atoms with Crippen molar-refractivity contribution >= 4 is 0 Å². The highest BCUT2D eigenvalue weighted by Crippen LogP contribution is 2.18. The molecule has 0 fully saturated rings. The molecule has 0 atom stereocenters. The van der Waals surface area contributed by atoms with Crippen molar-refractivity contribution in [2.24, 2.45) is 0 Å². The van der Waals surface area contributed by atoms with Crippen LogP contribution in [0.4, 0.5) is 0 Å². The van der Waals surface area contributed by atoms with E-state index in [1.54, 1.807) is 0 Å². The fourth-order valence-corrected chi connectivity index (χ4v) is 3.46. The molecule has 2 heteroatoms. The Morgan fingerprint density at radius 2 is 0.680 bits per heavy atom. The van der Waals surface area contributed by atoms with Gasteiger partial charge in [-0.1, -0.05) is 66.7 Å². The summed E-state index contributed by atoms with van der Waals surface area (Å²) in [6.07, 6.45) is 17.7. The second kappa shape index (κ2) is 22.0. The summed E-state index contributed by atoms with van der Waals surface area (Å²) in [5, 5.41) is 9.30. The van der Waals surface area contributed by atoms with Crippen LogP contribution in [-0.4, -0.2) is 37.3 Å². The molecule has 0 saturated heterocycles. The van der Waals surface area contributed by atoms with Crippen LogP contribution in [0.1, 0.15) is 118 Å². The Kier molecular flexibility index (Phi) is 23.8. The summed E-state index contributed by atoms with van der Waals surface area (Å²) in [5.41, 5.74) is 0. The molecule has 25 heavy (non-hydrogen) atoms. The Hall–Kier alpha value is -0.0800. The van der Waals surface area contributed by atoms with E-state index >= 15 is 0 Å². The molecule has 0 aliphatic rings. The molecule has 0 amide bonds. The van der Waals surface area contributed by atoms with Crippen molar-refractivity contribution in [3.63, 3.8) is 0 Å². The molecule has 0 saturated carbocycles. The van der Waals surface area contributed by atoms with Gasteiger partial charge in [-0.25, -0.2) is 0 Å². The van der Waals surface area contributed by atoms with Crippen LogP contribution in [0.25, 0.3) is 0 Å². The summed E-state index contributed by atoms with van der Waals surface area (Å²) in [5.74, 6) is 0. The van der Waals surface area contributed by atoms with Gasteiger partial charge in [-0.3, -0.25) is 0 Å². The molecule has 0 bridgehead atoms. The van der Waals surface area contributed by atoms with Crippen LogP contribution in [0, 0.1) is 0 Å². The van der Waals surface area contributed by atoms with E-state index in [9.17, 15) is 5.11 Å². The van der Waals surface area contributed by atoms with Crippen molar-refractivity contribution in [2.45, 2.75) is 118 Å². The van der Waals surface area contributed by atoms with Gasteiger partial charge >= 0.3 is 0 Å². The van der Waals surface area contributed by atoms with E-state index in [1.165, 1.54) is 108 Å². The lowest BCUT2D eigenvalue weighted by Gasteiger charge is -2.39. The Morgan fingerprint density at radius 1 is 0.440 bits per heavy atom. The van der Waals surface area contributed by atoms with E-state index in [4.69, 9.17) is 0 Å². The van der Waals surface area contributed by atoms with Gasteiger partial charge in [-0.05, 0) is 51.4 Å². The number of unbranched alkanes of at least 4 members (excludes halogenated alkanes) is 8. The molecule has 0 heterocycles. The zero-order valence-electron chi connectivity index (χ0n) is 18.6. The highest BCUT2D eigenvalue weighted by atomic mass is 16.2. The van der Waals surface area contributed by atoms with Crippen LogP contribution in [0.3, 0.4) is 0 Å². The SMILES string of the molecule is CCCCC[N+](CCCCC)(CCCCC)CCCCC.CCC[O-]. The fourth-order valence-electron chi connectivity index (χ4n) is 3.46. The third-order valence-electron chi connectivity index (χ3n) is 5.15. The minimum absolute atomic E-state index is 0.0694. The van der Waals surface area contributed by atoms with Gasteiger partial charge in [0.1, 0.15) is 0 Å². The highest BCUT2D eigenvalue weighted by molar-refractivity contribution is 4.51. The first kappa shape index (κ1) is 27.1. The Labute approximate surface area is 161 Å². The third-order valence-corrected chi connectivity index (χ3v) is 5.15. The van der Waals surface area contributed by atoms with Gasteiger partial charge in [0.25, 0.3) is 0 Å². The van der Waals surface area contributed by atoms with Crippen molar-refractivity contribution in [2.75, 3.05) is 32.8 Å². The molecule has 0 unspecified atom stereocenters. The van der Waals surface area contributed by atoms with Crippen molar-refractivity contribution in [3.8, 4) is 0 Å². The zero-order valence-corrected chi connectivity index (χ0v) is 18.6. The van der Waals surface area contributed by atoms with E-state index in [-0.39, 0.29) is 6.61 Å². The van der Waals surface area contributed by atoms with Gasteiger partial charge in [0.15, 0.2) is 0 Å². The highest BCUT2D eigenvalue weighted by Gasteiger charge is 2.25. The van der Waals surface area contributed by atoms with Crippen molar-refractivity contribution in [1.82, 2.24) is 0 Å². The average molecular weight is 358 g/mol. The summed E-state index contributed by atoms with van der Waals surface area (Å²) in [6, 6.07) is 0. The number of hydrogen-bond donors (Lipinski definition) is 0. The molecule has 0 spiro atoms. The number of nitrogens with zero attached hydrogens (tertiary/aromatic N) is 1. The first-order chi connectivity index (χ1) is 12.2. The summed E-state index contributed by atoms with van der Waals surface area (Å²) in [6.45, 7) is 17.1. The van der Waals surface area contributed by atoms with Gasteiger partial charge < -0.3 is 9.59 Å². The second-order valence-corrected chi connectivity index (χ2v) is 7.77. The minimum atomic E-state index is 0.0694. The molecule has 0 rings (SSSR count). The average Bonchev–Trinajstić information content (AvgIpc) is 2.63. The maximum absolute atomic E-state index is 9.30. The Bertz CT molecular complexity index is 183. The topological polar surface area (TPSA) is 23.1 Å².